The zero-order chi connectivity index (χ0) is 12.4. The molecule has 3 nitrogen and oxygen atoms in total. The van der Waals surface area contributed by atoms with Crippen LogP contribution in [0.1, 0.15) is 19.4 Å². The van der Waals surface area contributed by atoms with Crippen molar-refractivity contribution in [2.24, 2.45) is 5.92 Å². The summed E-state index contributed by atoms with van der Waals surface area (Å²) in [5.41, 5.74) is 9.16. The van der Waals surface area contributed by atoms with E-state index in [0.29, 0.717) is 11.7 Å². The van der Waals surface area contributed by atoms with Crippen molar-refractivity contribution in [1.29, 1.82) is 0 Å². The Morgan fingerprint density at radius 2 is 2.18 bits per heavy atom. The Kier molecular flexibility index (Phi) is 3.52. The molecule has 90 valence electrons. The fraction of sp³-hybridized carbons (Fsp3) is 0.308. The molecule has 0 aliphatic carbocycles. The fourth-order valence-electron chi connectivity index (χ4n) is 1.88. The smallest absolute Gasteiger partial charge is 0.149 e. The molecular formula is C13H16BrN3. The number of aromatic amines is 1. The first kappa shape index (κ1) is 12.2. The molecule has 0 saturated carbocycles. The summed E-state index contributed by atoms with van der Waals surface area (Å²) in [6, 6.07) is 8.14. The molecule has 2 rings (SSSR count). The van der Waals surface area contributed by atoms with Gasteiger partial charge in [-0.3, -0.25) is 5.10 Å². The Labute approximate surface area is 110 Å². The summed E-state index contributed by atoms with van der Waals surface area (Å²) in [6.07, 6.45) is 0.935. The predicted molar refractivity (Wildman–Crippen MR) is 74.7 cm³/mol. The van der Waals surface area contributed by atoms with Gasteiger partial charge >= 0.3 is 0 Å². The lowest BCUT2D eigenvalue weighted by Crippen LogP contribution is -1.99. The molecule has 1 aromatic carbocycles. The molecule has 0 saturated heterocycles. The third-order valence-electron chi connectivity index (χ3n) is 2.62. The maximum atomic E-state index is 5.91. The number of halogens is 1. The maximum Gasteiger partial charge on any atom is 0.149 e. The van der Waals surface area contributed by atoms with Gasteiger partial charge in [0.1, 0.15) is 5.82 Å². The summed E-state index contributed by atoms with van der Waals surface area (Å²) in [5, 5.41) is 7.14. The van der Waals surface area contributed by atoms with Gasteiger partial charge < -0.3 is 5.73 Å². The molecule has 0 aliphatic heterocycles. The van der Waals surface area contributed by atoms with Crippen molar-refractivity contribution in [3.63, 3.8) is 0 Å². The predicted octanol–water partition coefficient (Wildman–Crippen LogP) is 3.62. The van der Waals surface area contributed by atoms with Gasteiger partial charge in [-0.15, -0.1) is 0 Å². The number of benzene rings is 1. The zero-order valence-electron chi connectivity index (χ0n) is 10.00. The number of anilines is 1. The van der Waals surface area contributed by atoms with E-state index in [9.17, 15) is 0 Å². The number of nitrogens with one attached hydrogen (secondary N) is 1. The molecule has 1 heterocycles. The molecular weight excluding hydrogens is 278 g/mol. The van der Waals surface area contributed by atoms with Crippen molar-refractivity contribution in [3.8, 4) is 11.3 Å². The second kappa shape index (κ2) is 4.92. The van der Waals surface area contributed by atoms with E-state index in [0.717, 1.165) is 27.7 Å². The molecule has 17 heavy (non-hydrogen) atoms. The van der Waals surface area contributed by atoms with E-state index in [1.165, 1.54) is 0 Å². The van der Waals surface area contributed by atoms with Crippen molar-refractivity contribution in [2.45, 2.75) is 20.3 Å². The maximum absolute atomic E-state index is 5.91. The lowest BCUT2D eigenvalue weighted by Gasteiger charge is -2.07. The minimum atomic E-state index is 0.556. The molecule has 2 aromatic rings. The Morgan fingerprint density at radius 3 is 2.82 bits per heavy atom. The van der Waals surface area contributed by atoms with Gasteiger partial charge in [-0.05, 0) is 24.5 Å². The first-order valence-electron chi connectivity index (χ1n) is 5.66. The number of rotatable bonds is 3. The highest BCUT2D eigenvalue weighted by atomic mass is 79.9. The molecule has 1 aromatic heterocycles. The van der Waals surface area contributed by atoms with Crippen molar-refractivity contribution < 1.29 is 0 Å². The number of H-pyrrole nitrogens is 1. The third kappa shape index (κ3) is 2.69. The van der Waals surface area contributed by atoms with Crippen LogP contribution in [0.4, 0.5) is 5.82 Å². The first-order valence-corrected chi connectivity index (χ1v) is 6.46. The van der Waals surface area contributed by atoms with Crippen LogP contribution >= 0.6 is 15.9 Å². The Bertz CT molecular complexity index is 517. The number of aromatic nitrogens is 2. The first-order chi connectivity index (χ1) is 8.08. The quantitative estimate of drug-likeness (QED) is 0.908. The van der Waals surface area contributed by atoms with Crippen LogP contribution in [0.5, 0.6) is 0 Å². The van der Waals surface area contributed by atoms with Crippen LogP contribution in [-0.4, -0.2) is 10.2 Å². The normalized spacial score (nSPS) is 11.1. The summed E-state index contributed by atoms with van der Waals surface area (Å²) in [5.74, 6) is 1.16. The van der Waals surface area contributed by atoms with Crippen LogP contribution in [0, 0.1) is 5.92 Å². The molecule has 3 N–H and O–H groups in total. The zero-order valence-corrected chi connectivity index (χ0v) is 11.6. The van der Waals surface area contributed by atoms with Gasteiger partial charge in [-0.2, -0.15) is 5.10 Å². The van der Waals surface area contributed by atoms with Crippen molar-refractivity contribution in [1.82, 2.24) is 10.2 Å². The van der Waals surface area contributed by atoms with Gasteiger partial charge in [0, 0.05) is 15.6 Å². The average Bonchev–Trinajstić information content (AvgIpc) is 2.60. The van der Waals surface area contributed by atoms with Crippen molar-refractivity contribution >= 4 is 21.7 Å². The summed E-state index contributed by atoms with van der Waals surface area (Å²) in [6.45, 7) is 4.36. The number of nitrogens with zero attached hydrogens (tertiary/aromatic N) is 1. The van der Waals surface area contributed by atoms with E-state index >= 15 is 0 Å². The van der Waals surface area contributed by atoms with Crippen LogP contribution in [0.25, 0.3) is 11.3 Å². The van der Waals surface area contributed by atoms with Gasteiger partial charge in [-0.1, -0.05) is 41.9 Å². The molecule has 0 fully saturated rings. The Balaban J connectivity index is 2.45. The Morgan fingerprint density at radius 1 is 1.41 bits per heavy atom. The fourth-order valence-corrected chi connectivity index (χ4v) is 2.28. The SMILES string of the molecule is CC(C)Cc1c(N)n[nH]c1-c1cccc(Br)c1. The standard InChI is InChI=1S/C13H16BrN3/c1-8(2)6-11-12(16-17-13(11)15)9-4-3-5-10(14)7-9/h3-5,7-8H,6H2,1-2H3,(H3,15,16,17). The molecule has 0 amide bonds. The van der Waals surface area contributed by atoms with E-state index in [-0.39, 0.29) is 0 Å². The minimum Gasteiger partial charge on any atom is -0.382 e. The summed E-state index contributed by atoms with van der Waals surface area (Å²) in [7, 11) is 0. The highest BCUT2D eigenvalue weighted by Crippen LogP contribution is 2.29. The molecule has 0 bridgehead atoms. The number of nitrogens with two attached hydrogens (primary N) is 1. The van der Waals surface area contributed by atoms with Crippen LogP contribution in [0.3, 0.4) is 0 Å². The van der Waals surface area contributed by atoms with E-state index in [1.807, 2.05) is 12.1 Å². The molecule has 0 unspecified atom stereocenters. The molecule has 0 atom stereocenters. The lowest BCUT2D eigenvalue weighted by molar-refractivity contribution is 0.649. The van der Waals surface area contributed by atoms with Crippen molar-refractivity contribution in [3.05, 3.63) is 34.3 Å². The van der Waals surface area contributed by atoms with Gasteiger partial charge in [0.15, 0.2) is 0 Å². The minimum absolute atomic E-state index is 0.556. The highest BCUT2D eigenvalue weighted by molar-refractivity contribution is 9.10. The van der Waals surface area contributed by atoms with Gasteiger partial charge in [0.25, 0.3) is 0 Å². The second-order valence-electron chi connectivity index (χ2n) is 4.57. The van der Waals surface area contributed by atoms with Crippen LogP contribution in [0.15, 0.2) is 28.7 Å². The third-order valence-corrected chi connectivity index (χ3v) is 3.12. The monoisotopic (exact) mass is 293 g/mol. The summed E-state index contributed by atoms with van der Waals surface area (Å²) >= 11 is 3.48. The van der Waals surface area contributed by atoms with Crippen molar-refractivity contribution in [2.75, 3.05) is 5.73 Å². The number of hydrogen-bond donors (Lipinski definition) is 2. The number of hydrogen-bond acceptors (Lipinski definition) is 2. The number of nitrogen functional groups attached to an aromatic ring is 1. The van der Waals surface area contributed by atoms with E-state index in [4.69, 9.17) is 5.73 Å². The van der Waals surface area contributed by atoms with E-state index in [1.54, 1.807) is 0 Å². The largest absolute Gasteiger partial charge is 0.382 e. The average molecular weight is 294 g/mol. The molecule has 0 radical (unpaired) electrons. The van der Waals surface area contributed by atoms with E-state index in [2.05, 4.69) is 52.1 Å². The van der Waals surface area contributed by atoms with E-state index < -0.39 is 0 Å². The summed E-state index contributed by atoms with van der Waals surface area (Å²) in [4.78, 5) is 0. The molecule has 0 spiro atoms. The van der Waals surface area contributed by atoms with Crippen LogP contribution < -0.4 is 5.73 Å². The summed E-state index contributed by atoms with van der Waals surface area (Å²) < 4.78 is 1.05. The van der Waals surface area contributed by atoms with Gasteiger partial charge in [0.05, 0.1) is 5.69 Å². The Hall–Kier alpha value is -1.29. The van der Waals surface area contributed by atoms with Crippen LogP contribution in [0.2, 0.25) is 0 Å². The lowest BCUT2D eigenvalue weighted by atomic mass is 9.99. The van der Waals surface area contributed by atoms with Gasteiger partial charge in [-0.25, -0.2) is 0 Å². The molecule has 4 heteroatoms. The highest BCUT2D eigenvalue weighted by Gasteiger charge is 2.13. The van der Waals surface area contributed by atoms with Gasteiger partial charge in [0.2, 0.25) is 0 Å². The second-order valence-corrected chi connectivity index (χ2v) is 5.49. The molecule has 0 aliphatic rings. The van der Waals surface area contributed by atoms with Crippen LogP contribution in [-0.2, 0) is 6.42 Å². The topological polar surface area (TPSA) is 54.7 Å².